The van der Waals surface area contributed by atoms with Crippen LogP contribution in [0.3, 0.4) is 0 Å². The highest BCUT2D eigenvalue weighted by atomic mass is 19.1. The average molecular weight is 335 g/mol. The molecule has 2 aromatic carbocycles. The van der Waals surface area contributed by atoms with Gasteiger partial charge in [-0.05, 0) is 35.6 Å². The third-order valence-electron chi connectivity index (χ3n) is 4.31. The van der Waals surface area contributed by atoms with Crippen LogP contribution in [0.1, 0.15) is 12.5 Å². The van der Waals surface area contributed by atoms with Crippen molar-refractivity contribution in [3.63, 3.8) is 0 Å². The number of hydrogen-bond donors (Lipinski definition) is 1. The number of aromatic nitrogens is 3. The summed E-state index contributed by atoms with van der Waals surface area (Å²) in [6, 6.07) is 7.72. The van der Waals surface area contributed by atoms with Crippen molar-refractivity contribution in [3.8, 4) is 11.4 Å². The Morgan fingerprint density at radius 3 is 2.84 bits per heavy atom. The molecule has 0 spiro atoms. The lowest BCUT2D eigenvalue weighted by Gasteiger charge is -2.14. The number of benzene rings is 2. The van der Waals surface area contributed by atoms with Gasteiger partial charge in [0.25, 0.3) is 5.56 Å². The van der Waals surface area contributed by atoms with Gasteiger partial charge < -0.3 is 5.11 Å². The average Bonchev–Trinajstić information content (AvgIpc) is 2.62. The van der Waals surface area contributed by atoms with Crippen LogP contribution in [0.5, 0.6) is 5.75 Å². The van der Waals surface area contributed by atoms with Gasteiger partial charge in [0.15, 0.2) is 0 Å². The number of phenols is 1. The molecule has 4 aromatic rings. The van der Waals surface area contributed by atoms with Gasteiger partial charge in [-0.1, -0.05) is 13.0 Å². The topological polar surface area (TPSA) is 68.0 Å². The number of hydrogen-bond acceptors (Lipinski definition) is 4. The zero-order valence-electron chi connectivity index (χ0n) is 13.4. The van der Waals surface area contributed by atoms with Crippen LogP contribution >= 0.6 is 0 Å². The third kappa shape index (κ3) is 2.34. The van der Waals surface area contributed by atoms with Crippen molar-refractivity contribution in [2.24, 2.45) is 0 Å². The third-order valence-corrected chi connectivity index (χ3v) is 4.31. The predicted molar refractivity (Wildman–Crippen MR) is 93.6 cm³/mol. The molecular formula is C19H14FN3O2. The van der Waals surface area contributed by atoms with E-state index in [-0.39, 0.29) is 22.6 Å². The zero-order chi connectivity index (χ0) is 17.6. The summed E-state index contributed by atoms with van der Waals surface area (Å²) in [4.78, 5) is 20.8. The maximum absolute atomic E-state index is 14.3. The molecule has 0 radical (unpaired) electrons. The molecule has 25 heavy (non-hydrogen) atoms. The van der Waals surface area contributed by atoms with E-state index >= 15 is 0 Å². The van der Waals surface area contributed by atoms with E-state index in [0.717, 1.165) is 0 Å². The van der Waals surface area contributed by atoms with Gasteiger partial charge in [0.1, 0.15) is 23.4 Å². The SMILES string of the molecule is CCc1c(F)ccc2cc(O)cc(-n3ccc4cncnc4c3=O)c12. The smallest absolute Gasteiger partial charge is 0.281 e. The lowest BCUT2D eigenvalue weighted by molar-refractivity contribution is 0.476. The summed E-state index contributed by atoms with van der Waals surface area (Å²) in [5.74, 6) is -0.330. The molecule has 6 heteroatoms. The molecule has 0 aliphatic rings. The van der Waals surface area contributed by atoms with Crippen LogP contribution < -0.4 is 5.56 Å². The number of nitrogens with zero attached hydrogens (tertiary/aromatic N) is 3. The number of pyridine rings is 1. The van der Waals surface area contributed by atoms with Crippen LogP contribution in [-0.2, 0) is 6.42 Å². The Bertz CT molecular complexity index is 1180. The molecule has 4 rings (SSSR count). The number of aryl methyl sites for hydroxylation is 1. The number of rotatable bonds is 2. The second-order valence-electron chi connectivity index (χ2n) is 5.76. The molecule has 5 nitrogen and oxygen atoms in total. The van der Waals surface area contributed by atoms with Gasteiger partial charge in [0.05, 0.1) is 5.69 Å². The highest BCUT2D eigenvalue weighted by Crippen LogP contribution is 2.31. The molecule has 0 saturated heterocycles. The van der Waals surface area contributed by atoms with Crippen molar-refractivity contribution in [2.45, 2.75) is 13.3 Å². The maximum Gasteiger partial charge on any atom is 0.281 e. The molecule has 0 bridgehead atoms. The number of aromatic hydroxyl groups is 1. The molecule has 0 aliphatic carbocycles. The van der Waals surface area contributed by atoms with Crippen molar-refractivity contribution < 1.29 is 9.50 Å². The van der Waals surface area contributed by atoms with Crippen molar-refractivity contribution in [3.05, 3.63) is 70.8 Å². The summed E-state index contributed by atoms with van der Waals surface area (Å²) in [6.07, 6.45) is 4.93. The Kier molecular flexibility index (Phi) is 3.46. The fraction of sp³-hybridized carbons (Fsp3) is 0.105. The van der Waals surface area contributed by atoms with E-state index in [1.165, 1.54) is 23.0 Å². The monoisotopic (exact) mass is 335 g/mol. The summed E-state index contributed by atoms with van der Waals surface area (Å²) >= 11 is 0. The molecule has 2 aromatic heterocycles. The van der Waals surface area contributed by atoms with Crippen molar-refractivity contribution in [1.29, 1.82) is 0 Å². The second-order valence-corrected chi connectivity index (χ2v) is 5.76. The molecule has 2 heterocycles. The summed E-state index contributed by atoms with van der Waals surface area (Å²) in [6.45, 7) is 1.85. The summed E-state index contributed by atoms with van der Waals surface area (Å²) in [5.41, 5.74) is 0.848. The van der Waals surface area contributed by atoms with Crippen LogP contribution in [0.15, 0.2) is 53.8 Å². The minimum Gasteiger partial charge on any atom is -0.508 e. The van der Waals surface area contributed by atoms with E-state index in [0.29, 0.717) is 33.8 Å². The Hall–Kier alpha value is -3.28. The van der Waals surface area contributed by atoms with Gasteiger partial charge in [-0.25, -0.2) is 14.4 Å². The molecule has 124 valence electrons. The zero-order valence-corrected chi connectivity index (χ0v) is 13.4. The van der Waals surface area contributed by atoms with Gasteiger partial charge in [-0.2, -0.15) is 0 Å². The van der Waals surface area contributed by atoms with Crippen LogP contribution in [0.25, 0.3) is 27.4 Å². The van der Waals surface area contributed by atoms with Crippen molar-refractivity contribution in [2.75, 3.05) is 0 Å². The standard InChI is InChI=1S/C19H14FN3O2/c1-2-14-15(20)4-3-11-7-13(24)8-16(17(11)14)23-6-5-12-9-21-10-22-18(12)19(23)25/h3-10,24H,2H2,1H3. The summed E-state index contributed by atoms with van der Waals surface area (Å²) in [5, 5.41) is 12.0. The van der Waals surface area contributed by atoms with Crippen LogP contribution in [0, 0.1) is 5.82 Å². The fourth-order valence-electron chi connectivity index (χ4n) is 3.18. The first kappa shape index (κ1) is 15.3. The normalized spacial score (nSPS) is 11.3. The maximum atomic E-state index is 14.3. The van der Waals surface area contributed by atoms with Gasteiger partial charge in [0, 0.05) is 29.2 Å². The highest BCUT2D eigenvalue weighted by molar-refractivity contribution is 5.95. The van der Waals surface area contributed by atoms with E-state index in [2.05, 4.69) is 9.97 Å². The Balaban J connectivity index is 2.16. The van der Waals surface area contributed by atoms with Crippen molar-refractivity contribution >= 4 is 21.7 Å². The fourth-order valence-corrected chi connectivity index (χ4v) is 3.18. The Labute approximate surface area is 142 Å². The van der Waals surface area contributed by atoms with Crippen LogP contribution in [0.4, 0.5) is 4.39 Å². The molecule has 0 atom stereocenters. The van der Waals surface area contributed by atoms with Crippen LogP contribution in [0.2, 0.25) is 0 Å². The first-order chi connectivity index (χ1) is 12.1. The predicted octanol–water partition coefficient (Wildman–Crippen LogP) is 3.34. The number of phenolic OH excluding ortho intramolecular Hbond substituents is 1. The van der Waals surface area contributed by atoms with Crippen LogP contribution in [-0.4, -0.2) is 19.6 Å². The minimum atomic E-state index is -0.349. The lowest BCUT2D eigenvalue weighted by atomic mass is 9.99. The first-order valence-corrected chi connectivity index (χ1v) is 7.86. The van der Waals surface area contributed by atoms with Gasteiger partial charge in [-0.15, -0.1) is 0 Å². The van der Waals surface area contributed by atoms with E-state index in [9.17, 15) is 14.3 Å². The Morgan fingerprint density at radius 1 is 1.20 bits per heavy atom. The molecule has 1 N–H and O–H groups in total. The largest absolute Gasteiger partial charge is 0.508 e. The van der Waals surface area contributed by atoms with E-state index in [1.54, 1.807) is 30.6 Å². The number of fused-ring (bicyclic) bond motifs is 2. The summed E-state index contributed by atoms with van der Waals surface area (Å²) < 4.78 is 15.7. The Morgan fingerprint density at radius 2 is 2.04 bits per heavy atom. The van der Waals surface area contributed by atoms with Gasteiger partial charge >= 0.3 is 0 Å². The van der Waals surface area contributed by atoms with E-state index in [4.69, 9.17) is 0 Å². The molecule has 0 unspecified atom stereocenters. The molecule has 0 fully saturated rings. The summed E-state index contributed by atoms with van der Waals surface area (Å²) in [7, 11) is 0. The second kappa shape index (κ2) is 5.66. The lowest BCUT2D eigenvalue weighted by Crippen LogP contribution is -2.19. The molecule has 0 amide bonds. The first-order valence-electron chi connectivity index (χ1n) is 7.86. The van der Waals surface area contributed by atoms with E-state index in [1.807, 2.05) is 6.92 Å². The molecule has 0 aliphatic heterocycles. The molecule has 0 saturated carbocycles. The van der Waals surface area contributed by atoms with E-state index < -0.39 is 0 Å². The quantitative estimate of drug-likeness (QED) is 0.610. The molecular weight excluding hydrogens is 321 g/mol. The van der Waals surface area contributed by atoms with Gasteiger partial charge in [0.2, 0.25) is 0 Å². The van der Waals surface area contributed by atoms with Crippen molar-refractivity contribution in [1.82, 2.24) is 14.5 Å². The number of halogens is 1. The van der Waals surface area contributed by atoms with Gasteiger partial charge in [-0.3, -0.25) is 9.36 Å². The minimum absolute atomic E-state index is 0.00541. The highest BCUT2D eigenvalue weighted by Gasteiger charge is 2.15.